The lowest BCUT2D eigenvalue weighted by atomic mass is 10.0. The van der Waals surface area contributed by atoms with Crippen molar-refractivity contribution in [2.75, 3.05) is 0 Å². The van der Waals surface area contributed by atoms with Crippen molar-refractivity contribution >= 4 is 5.71 Å². The predicted molar refractivity (Wildman–Crippen MR) is 97.6 cm³/mol. The first-order chi connectivity index (χ1) is 10.6. The maximum atomic E-state index is 8.03. The van der Waals surface area contributed by atoms with Gasteiger partial charge in [0.2, 0.25) is 0 Å². The van der Waals surface area contributed by atoms with Crippen LogP contribution in [0.5, 0.6) is 5.75 Å². The lowest BCUT2D eigenvalue weighted by Gasteiger charge is -2.07. The summed E-state index contributed by atoms with van der Waals surface area (Å²) in [5.74, 6) is 1.28. The molecule has 0 fully saturated rings. The first kappa shape index (κ1) is 19.7. The van der Waals surface area contributed by atoms with Gasteiger partial charge >= 0.3 is 0 Å². The van der Waals surface area contributed by atoms with Crippen LogP contribution in [0.3, 0.4) is 0 Å². The Hall–Kier alpha value is -2.35. The molecule has 0 spiro atoms. The Bertz CT molecular complexity index is 550. The van der Waals surface area contributed by atoms with E-state index in [0.717, 1.165) is 23.3 Å². The number of ether oxygens (including phenoxy) is 1. The second kappa shape index (κ2) is 11.3. The van der Waals surface area contributed by atoms with Crippen LogP contribution in [0.4, 0.5) is 0 Å². The van der Waals surface area contributed by atoms with Gasteiger partial charge in [-0.05, 0) is 48.8 Å². The molecular formula is C20H27NO. The van der Waals surface area contributed by atoms with Crippen LogP contribution >= 0.6 is 0 Å². The molecule has 2 nitrogen and oxygen atoms in total. The molecule has 118 valence electrons. The molecule has 1 N–H and O–H groups in total. The van der Waals surface area contributed by atoms with Crippen molar-refractivity contribution in [2.24, 2.45) is 0 Å². The Morgan fingerprint density at radius 3 is 2.23 bits per heavy atom. The zero-order valence-corrected chi connectivity index (χ0v) is 14.1. The molecule has 0 aliphatic carbocycles. The fourth-order valence-electron chi connectivity index (χ4n) is 1.56. The van der Waals surface area contributed by atoms with Crippen LogP contribution in [-0.4, -0.2) is 5.71 Å². The van der Waals surface area contributed by atoms with Gasteiger partial charge < -0.3 is 10.1 Å². The molecule has 0 amide bonds. The average molecular weight is 297 g/mol. The normalized spacial score (nSPS) is 10.6. The molecule has 0 aliphatic rings. The molecule has 1 rings (SSSR count). The lowest BCUT2D eigenvalue weighted by Crippen LogP contribution is -2.02. The Labute approximate surface area is 135 Å². The highest BCUT2D eigenvalue weighted by atomic mass is 16.5. The molecule has 0 aromatic heterocycles. The van der Waals surface area contributed by atoms with Gasteiger partial charge in [0.05, 0.1) is 5.71 Å². The van der Waals surface area contributed by atoms with Crippen LogP contribution in [0.1, 0.15) is 34.1 Å². The van der Waals surface area contributed by atoms with E-state index in [1.807, 2.05) is 70.2 Å². The molecule has 0 bridgehead atoms. The van der Waals surface area contributed by atoms with Gasteiger partial charge in [-0.25, -0.2) is 0 Å². The van der Waals surface area contributed by atoms with Crippen molar-refractivity contribution in [3.8, 4) is 5.75 Å². The number of para-hydroxylation sites is 1. The smallest absolute Gasteiger partial charge is 0.127 e. The number of benzene rings is 1. The first-order valence-corrected chi connectivity index (χ1v) is 7.61. The third-order valence-corrected chi connectivity index (χ3v) is 2.82. The monoisotopic (exact) mass is 297 g/mol. The Balaban J connectivity index is 0.00000211. The maximum absolute atomic E-state index is 8.03. The van der Waals surface area contributed by atoms with E-state index in [9.17, 15) is 0 Å². The molecule has 0 radical (unpaired) electrons. The zero-order valence-electron chi connectivity index (χ0n) is 14.1. The minimum absolute atomic E-state index is 0.457. The van der Waals surface area contributed by atoms with E-state index in [4.69, 9.17) is 10.1 Å². The standard InChI is InChI=1S/C18H21NO.C2H6/c1-5-14(3)18(19)16(6-2)13-12-15(4)20-17-10-8-7-9-11-17;1-2/h6-13,19H,3-5H2,1-2H3;1-2H3/b13-12-,16-6+,19-18?;. The quantitative estimate of drug-likeness (QED) is 0.368. The van der Waals surface area contributed by atoms with E-state index in [1.54, 1.807) is 6.08 Å². The second-order valence-corrected chi connectivity index (χ2v) is 4.29. The van der Waals surface area contributed by atoms with Gasteiger partial charge in [-0.3, -0.25) is 0 Å². The van der Waals surface area contributed by atoms with Gasteiger partial charge in [0.25, 0.3) is 0 Å². The lowest BCUT2D eigenvalue weighted by molar-refractivity contribution is 0.447. The molecule has 0 aliphatic heterocycles. The van der Waals surface area contributed by atoms with Crippen molar-refractivity contribution in [2.45, 2.75) is 34.1 Å². The largest absolute Gasteiger partial charge is 0.458 e. The molecule has 0 heterocycles. The summed E-state index contributed by atoms with van der Waals surface area (Å²) < 4.78 is 5.57. The topological polar surface area (TPSA) is 33.1 Å². The molecule has 2 heteroatoms. The van der Waals surface area contributed by atoms with Crippen LogP contribution in [-0.2, 0) is 0 Å². The van der Waals surface area contributed by atoms with E-state index in [2.05, 4.69) is 13.2 Å². The number of hydrogen-bond donors (Lipinski definition) is 1. The Morgan fingerprint density at radius 2 is 1.73 bits per heavy atom. The van der Waals surface area contributed by atoms with E-state index in [1.165, 1.54) is 0 Å². The molecule has 22 heavy (non-hydrogen) atoms. The molecule has 1 aromatic rings. The van der Waals surface area contributed by atoms with Crippen molar-refractivity contribution in [3.05, 3.63) is 78.6 Å². The number of allylic oxidation sites excluding steroid dienone is 5. The van der Waals surface area contributed by atoms with Crippen molar-refractivity contribution in [1.29, 1.82) is 5.41 Å². The number of hydrogen-bond acceptors (Lipinski definition) is 2. The summed E-state index contributed by atoms with van der Waals surface area (Å²) in [5, 5.41) is 8.03. The number of rotatable bonds is 7. The van der Waals surface area contributed by atoms with Gasteiger partial charge in [-0.2, -0.15) is 0 Å². The molecule has 0 saturated heterocycles. The van der Waals surface area contributed by atoms with Crippen LogP contribution < -0.4 is 4.74 Å². The Kier molecular flexibility index (Phi) is 10.1. The minimum atomic E-state index is 0.457. The van der Waals surface area contributed by atoms with E-state index in [-0.39, 0.29) is 0 Å². The summed E-state index contributed by atoms with van der Waals surface area (Å²) >= 11 is 0. The van der Waals surface area contributed by atoms with Crippen LogP contribution in [0.25, 0.3) is 0 Å². The van der Waals surface area contributed by atoms with Gasteiger partial charge in [0.15, 0.2) is 0 Å². The maximum Gasteiger partial charge on any atom is 0.127 e. The summed E-state index contributed by atoms with van der Waals surface area (Å²) in [6, 6.07) is 9.49. The molecule has 0 atom stereocenters. The zero-order chi connectivity index (χ0) is 17.0. The molecule has 1 aromatic carbocycles. The SMILES string of the molecule is C=C(/C=C\C(=C/C)C(=N)C(=C)CC)Oc1ccccc1.CC. The van der Waals surface area contributed by atoms with Crippen LogP contribution in [0.15, 0.2) is 78.6 Å². The van der Waals surface area contributed by atoms with E-state index < -0.39 is 0 Å². The summed E-state index contributed by atoms with van der Waals surface area (Å²) in [4.78, 5) is 0. The first-order valence-electron chi connectivity index (χ1n) is 7.61. The van der Waals surface area contributed by atoms with Crippen molar-refractivity contribution in [3.63, 3.8) is 0 Å². The molecule has 0 saturated carbocycles. The highest BCUT2D eigenvalue weighted by Gasteiger charge is 2.04. The van der Waals surface area contributed by atoms with Gasteiger partial charge in [-0.1, -0.05) is 58.2 Å². The Morgan fingerprint density at radius 1 is 1.14 bits per heavy atom. The fourth-order valence-corrected chi connectivity index (χ4v) is 1.56. The third kappa shape index (κ3) is 6.89. The minimum Gasteiger partial charge on any atom is -0.458 e. The predicted octanol–water partition coefficient (Wildman–Crippen LogP) is 6.09. The summed E-state index contributed by atoms with van der Waals surface area (Å²) in [6.07, 6.45) is 6.25. The summed E-state index contributed by atoms with van der Waals surface area (Å²) in [5.41, 5.74) is 2.09. The highest BCUT2D eigenvalue weighted by molar-refractivity contribution is 6.11. The van der Waals surface area contributed by atoms with Crippen LogP contribution in [0, 0.1) is 5.41 Å². The second-order valence-electron chi connectivity index (χ2n) is 4.29. The van der Waals surface area contributed by atoms with Crippen LogP contribution in [0.2, 0.25) is 0 Å². The van der Waals surface area contributed by atoms with Crippen molar-refractivity contribution < 1.29 is 4.74 Å². The molecule has 0 unspecified atom stereocenters. The van der Waals surface area contributed by atoms with Gasteiger partial charge in [-0.15, -0.1) is 0 Å². The van der Waals surface area contributed by atoms with Gasteiger partial charge in [0, 0.05) is 0 Å². The summed E-state index contributed by atoms with van der Waals surface area (Å²) in [6.45, 7) is 15.6. The van der Waals surface area contributed by atoms with E-state index in [0.29, 0.717) is 11.5 Å². The molecular weight excluding hydrogens is 270 g/mol. The average Bonchev–Trinajstić information content (AvgIpc) is 2.57. The van der Waals surface area contributed by atoms with Crippen molar-refractivity contribution in [1.82, 2.24) is 0 Å². The summed E-state index contributed by atoms with van der Waals surface area (Å²) in [7, 11) is 0. The fraction of sp³-hybridized carbons (Fsp3) is 0.250. The third-order valence-electron chi connectivity index (χ3n) is 2.82. The van der Waals surface area contributed by atoms with Gasteiger partial charge in [0.1, 0.15) is 11.5 Å². The highest BCUT2D eigenvalue weighted by Crippen LogP contribution is 2.14. The van der Waals surface area contributed by atoms with E-state index >= 15 is 0 Å². The number of nitrogens with one attached hydrogen (secondary N) is 1.